The lowest BCUT2D eigenvalue weighted by atomic mass is 10.3. The van der Waals surface area contributed by atoms with Gasteiger partial charge < -0.3 is 0 Å². The minimum Gasteiger partial charge on any atom is -0.281 e. The molecule has 0 aliphatic rings. The van der Waals surface area contributed by atoms with Crippen LogP contribution in [0.15, 0.2) is 41.5 Å². The van der Waals surface area contributed by atoms with E-state index in [1.807, 2.05) is 30.3 Å². The van der Waals surface area contributed by atoms with Gasteiger partial charge in [-0.05, 0) is 18.6 Å². The number of hydrogen-bond acceptors (Lipinski definition) is 2. The highest BCUT2D eigenvalue weighted by atomic mass is 16.2. The van der Waals surface area contributed by atoms with Gasteiger partial charge in [0.05, 0.1) is 5.69 Å². The van der Waals surface area contributed by atoms with Crippen molar-refractivity contribution in [1.29, 1.82) is 0 Å². The Morgan fingerprint density at radius 3 is 2.69 bits per heavy atom. The van der Waals surface area contributed by atoms with Gasteiger partial charge in [0, 0.05) is 6.54 Å². The number of hydrogen-bond donors (Lipinski definition) is 0. The molecule has 0 saturated carbocycles. The van der Waals surface area contributed by atoms with Crippen LogP contribution >= 0.6 is 0 Å². The zero-order valence-corrected chi connectivity index (χ0v) is 9.34. The summed E-state index contributed by atoms with van der Waals surface area (Å²) in [5.41, 5.74) is 0.738. The Balaban J connectivity index is 2.31. The maximum Gasteiger partial charge on any atom is 0.350 e. The normalized spacial score (nSPS) is 10.6. The second kappa shape index (κ2) is 4.79. The molecule has 0 atom stereocenters. The number of aryl methyl sites for hydroxylation is 1. The van der Waals surface area contributed by atoms with Gasteiger partial charge >= 0.3 is 5.69 Å². The topological polar surface area (TPSA) is 39.8 Å². The summed E-state index contributed by atoms with van der Waals surface area (Å²) in [6, 6.07) is 9.46. The Morgan fingerprint density at radius 2 is 2.00 bits per heavy atom. The van der Waals surface area contributed by atoms with Crippen molar-refractivity contribution in [3.63, 3.8) is 0 Å². The zero-order chi connectivity index (χ0) is 11.4. The Morgan fingerprint density at radius 1 is 1.25 bits per heavy atom. The highest BCUT2D eigenvalue weighted by molar-refractivity contribution is 5.29. The fraction of sp³-hybridized carbons (Fsp3) is 0.333. The molecule has 4 nitrogen and oxygen atoms in total. The molecule has 0 N–H and O–H groups in total. The summed E-state index contributed by atoms with van der Waals surface area (Å²) in [6.07, 6.45) is 3.67. The molecule has 0 saturated heterocycles. The average Bonchev–Trinajstić information content (AvgIpc) is 2.69. The van der Waals surface area contributed by atoms with Gasteiger partial charge in [0.25, 0.3) is 0 Å². The van der Waals surface area contributed by atoms with Crippen molar-refractivity contribution < 1.29 is 0 Å². The molecule has 2 aromatic rings. The van der Waals surface area contributed by atoms with E-state index in [1.165, 1.54) is 4.68 Å². The van der Waals surface area contributed by atoms with Crippen molar-refractivity contribution in [3.8, 4) is 5.69 Å². The third-order valence-electron chi connectivity index (χ3n) is 2.49. The van der Waals surface area contributed by atoms with E-state index < -0.39 is 0 Å². The van der Waals surface area contributed by atoms with Gasteiger partial charge in [-0.25, -0.2) is 4.79 Å². The van der Waals surface area contributed by atoms with Crippen LogP contribution in [0.4, 0.5) is 0 Å². The molecule has 0 amide bonds. The molecule has 1 aromatic carbocycles. The van der Waals surface area contributed by atoms with Gasteiger partial charge in [-0.3, -0.25) is 4.57 Å². The summed E-state index contributed by atoms with van der Waals surface area (Å²) in [6.45, 7) is 2.84. The van der Waals surface area contributed by atoms with E-state index in [1.54, 1.807) is 10.9 Å². The Hall–Kier alpha value is -1.84. The van der Waals surface area contributed by atoms with E-state index in [9.17, 15) is 4.79 Å². The molecule has 0 fully saturated rings. The van der Waals surface area contributed by atoms with E-state index >= 15 is 0 Å². The number of aromatic nitrogens is 3. The predicted octanol–water partition coefficient (Wildman–Crippen LogP) is 1.83. The van der Waals surface area contributed by atoms with Crippen LogP contribution in [-0.2, 0) is 6.54 Å². The van der Waals surface area contributed by atoms with Crippen molar-refractivity contribution in [2.24, 2.45) is 0 Å². The first-order valence-electron chi connectivity index (χ1n) is 5.53. The van der Waals surface area contributed by atoms with Crippen molar-refractivity contribution in [1.82, 2.24) is 14.3 Å². The molecular formula is C12H15N3O. The summed E-state index contributed by atoms with van der Waals surface area (Å²) in [4.78, 5) is 11.9. The first-order chi connectivity index (χ1) is 7.83. The van der Waals surface area contributed by atoms with E-state index in [2.05, 4.69) is 12.0 Å². The molecule has 0 aliphatic carbocycles. The summed E-state index contributed by atoms with van der Waals surface area (Å²) >= 11 is 0. The molecule has 84 valence electrons. The lowest BCUT2D eigenvalue weighted by Gasteiger charge is -1.99. The minimum atomic E-state index is -0.0698. The molecule has 0 radical (unpaired) electrons. The summed E-state index contributed by atoms with van der Waals surface area (Å²) < 4.78 is 3.08. The van der Waals surface area contributed by atoms with E-state index in [0.29, 0.717) is 0 Å². The largest absolute Gasteiger partial charge is 0.350 e. The van der Waals surface area contributed by atoms with Crippen LogP contribution in [0.2, 0.25) is 0 Å². The van der Waals surface area contributed by atoms with Crippen molar-refractivity contribution in [2.45, 2.75) is 26.3 Å². The summed E-state index contributed by atoms with van der Waals surface area (Å²) in [5, 5.41) is 4.11. The Kier molecular flexibility index (Phi) is 3.19. The lowest BCUT2D eigenvalue weighted by Crippen LogP contribution is -2.23. The minimum absolute atomic E-state index is 0.0698. The molecule has 1 aromatic heterocycles. The van der Waals surface area contributed by atoms with Crippen LogP contribution in [0.25, 0.3) is 5.69 Å². The molecule has 0 spiro atoms. The monoisotopic (exact) mass is 217 g/mol. The second-order valence-corrected chi connectivity index (χ2v) is 3.71. The third-order valence-corrected chi connectivity index (χ3v) is 2.49. The first kappa shape index (κ1) is 10.7. The van der Waals surface area contributed by atoms with Crippen LogP contribution in [-0.4, -0.2) is 14.3 Å². The van der Waals surface area contributed by atoms with Gasteiger partial charge in [0.15, 0.2) is 0 Å². The van der Waals surface area contributed by atoms with Crippen molar-refractivity contribution in [3.05, 3.63) is 47.1 Å². The zero-order valence-electron chi connectivity index (χ0n) is 9.34. The Bertz CT molecular complexity index is 498. The van der Waals surface area contributed by atoms with E-state index in [-0.39, 0.29) is 5.69 Å². The van der Waals surface area contributed by atoms with Crippen LogP contribution in [0.1, 0.15) is 19.8 Å². The number of para-hydroxylation sites is 1. The molecule has 4 heteroatoms. The van der Waals surface area contributed by atoms with Gasteiger partial charge in [0.2, 0.25) is 0 Å². The van der Waals surface area contributed by atoms with Crippen molar-refractivity contribution in [2.75, 3.05) is 0 Å². The second-order valence-electron chi connectivity index (χ2n) is 3.71. The first-order valence-corrected chi connectivity index (χ1v) is 5.53. The fourth-order valence-electron chi connectivity index (χ4n) is 1.56. The third kappa shape index (κ3) is 2.05. The molecule has 0 bridgehead atoms. The highest BCUT2D eigenvalue weighted by Gasteiger charge is 2.05. The summed E-state index contributed by atoms with van der Waals surface area (Å²) in [7, 11) is 0. The number of unbranched alkanes of at least 4 members (excludes halogenated alkanes) is 1. The number of benzene rings is 1. The van der Waals surface area contributed by atoms with Gasteiger partial charge in [0.1, 0.15) is 6.33 Å². The van der Waals surface area contributed by atoms with Gasteiger partial charge in [-0.15, -0.1) is 0 Å². The average molecular weight is 217 g/mol. The lowest BCUT2D eigenvalue weighted by molar-refractivity contribution is 0.608. The molecule has 0 unspecified atom stereocenters. The van der Waals surface area contributed by atoms with Crippen LogP contribution in [0.5, 0.6) is 0 Å². The van der Waals surface area contributed by atoms with Gasteiger partial charge in [-0.1, -0.05) is 31.5 Å². The fourth-order valence-corrected chi connectivity index (χ4v) is 1.56. The number of nitrogens with zero attached hydrogens (tertiary/aromatic N) is 3. The maximum absolute atomic E-state index is 11.9. The number of rotatable bonds is 4. The quantitative estimate of drug-likeness (QED) is 0.783. The highest BCUT2D eigenvalue weighted by Crippen LogP contribution is 2.01. The molecular weight excluding hydrogens is 202 g/mol. The molecule has 0 aliphatic heterocycles. The van der Waals surface area contributed by atoms with Crippen LogP contribution in [0, 0.1) is 0 Å². The molecule has 1 heterocycles. The van der Waals surface area contributed by atoms with E-state index in [4.69, 9.17) is 0 Å². The van der Waals surface area contributed by atoms with Crippen LogP contribution in [0.3, 0.4) is 0 Å². The summed E-state index contributed by atoms with van der Waals surface area (Å²) in [5.74, 6) is 0. The molecule has 16 heavy (non-hydrogen) atoms. The van der Waals surface area contributed by atoms with E-state index in [0.717, 1.165) is 25.1 Å². The SMILES string of the molecule is CCCCn1cnn(-c2ccccc2)c1=O. The smallest absolute Gasteiger partial charge is 0.281 e. The standard InChI is InChI=1S/C12H15N3O/c1-2-3-9-14-10-13-15(12(14)16)11-7-5-4-6-8-11/h4-8,10H,2-3,9H2,1H3. The Labute approximate surface area is 94.1 Å². The van der Waals surface area contributed by atoms with Gasteiger partial charge in [-0.2, -0.15) is 9.78 Å². The molecule has 2 rings (SSSR count). The van der Waals surface area contributed by atoms with Crippen LogP contribution < -0.4 is 5.69 Å². The predicted molar refractivity (Wildman–Crippen MR) is 62.7 cm³/mol. The maximum atomic E-state index is 11.9. The van der Waals surface area contributed by atoms with Crippen molar-refractivity contribution >= 4 is 0 Å².